The van der Waals surface area contributed by atoms with Gasteiger partial charge in [0.1, 0.15) is 5.52 Å². The molecule has 0 aliphatic rings. The lowest BCUT2D eigenvalue weighted by molar-refractivity contribution is 1.03. The number of aryl methyl sites for hydroxylation is 3. The summed E-state index contributed by atoms with van der Waals surface area (Å²) in [6, 6.07) is 0. The quantitative estimate of drug-likeness (QED) is 0.599. The maximum absolute atomic E-state index is 4.37. The summed E-state index contributed by atoms with van der Waals surface area (Å²) in [4.78, 5) is 16.5. The fourth-order valence-electron chi connectivity index (χ4n) is 1.11. The topological polar surface area (TPSA) is 51.6 Å². The molecule has 13 heavy (non-hydrogen) atoms. The molecule has 0 N–H and O–H groups in total. The van der Waals surface area contributed by atoms with E-state index in [4.69, 9.17) is 0 Å². The predicted octanol–water partition coefficient (Wildman–Crippen LogP) is 1.15. The highest BCUT2D eigenvalue weighted by Gasteiger charge is 2.04. The first-order valence-electron chi connectivity index (χ1n) is 4.04. The average Bonchev–Trinajstić information content (AvgIpc) is 2.09. The first kappa shape index (κ1) is 8.04. The van der Waals surface area contributed by atoms with Crippen LogP contribution in [0.1, 0.15) is 17.1 Å². The second kappa shape index (κ2) is 2.73. The molecule has 2 heterocycles. The molecule has 2 aromatic rings. The third-order valence-corrected chi connectivity index (χ3v) is 2.00. The first-order chi connectivity index (χ1) is 6.18. The molecule has 0 bridgehead atoms. The molecule has 0 fully saturated rings. The smallest absolute Gasteiger partial charge is 0.200 e. The van der Waals surface area contributed by atoms with Gasteiger partial charge in [-0.1, -0.05) is 0 Å². The molecule has 0 saturated heterocycles. The van der Waals surface area contributed by atoms with E-state index in [0.29, 0.717) is 5.65 Å². The maximum atomic E-state index is 4.37. The highest BCUT2D eigenvalue weighted by atomic mass is 15.0. The Bertz CT molecular complexity index is 464. The second-order valence-electron chi connectivity index (χ2n) is 2.98. The van der Waals surface area contributed by atoms with Crippen molar-refractivity contribution in [2.75, 3.05) is 0 Å². The summed E-state index contributed by atoms with van der Waals surface area (Å²) in [7, 11) is 0. The van der Waals surface area contributed by atoms with Crippen molar-refractivity contribution < 1.29 is 0 Å². The van der Waals surface area contributed by atoms with Crippen molar-refractivity contribution in [3.05, 3.63) is 23.4 Å². The Morgan fingerprint density at radius 3 is 2.31 bits per heavy atom. The zero-order valence-corrected chi connectivity index (χ0v) is 7.79. The van der Waals surface area contributed by atoms with Gasteiger partial charge in [-0.3, -0.25) is 0 Å². The fourth-order valence-corrected chi connectivity index (χ4v) is 1.11. The number of aromatic nitrogens is 4. The van der Waals surface area contributed by atoms with Crippen LogP contribution in [0.5, 0.6) is 0 Å². The maximum Gasteiger partial charge on any atom is 0.200 e. The van der Waals surface area contributed by atoms with Gasteiger partial charge in [0.15, 0.2) is 12.0 Å². The molecule has 0 amide bonds. The van der Waals surface area contributed by atoms with Crippen LogP contribution in [-0.4, -0.2) is 19.9 Å². The Morgan fingerprint density at radius 1 is 0.846 bits per heavy atom. The third kappa shape index (κ3) is 1.24. The van der Waals surface area contributed by atoms with Crippen molar-refractivity contribution in [2.24, 2.45) is 0 Å². The van der Waals surface area contributed by atoms with Gasteiger partial charge in [0.05, 0.1) is 17.1 Å². The van der Waals surface area contributed by atoms with E-state index in [0.717, 1.165) is 22.6 Å². The number of hydrogen-bond donors (Lipinski definition) is 0. The first-order valence-corrected chi connectivity index (χ1v) is 4.04. The van der Waals surface area contributed by atoms with Gasteiger partial charge in [-0.05, 0) is 20.8 Å². The van der Waals surface area contributed by atoms with Gasteiger partial charge >= 0.3 is 0 Å². The van der Waals surface area contributed by atoms with Gasteiger partial charge in [-0.25, -0.2) is 19.9 Å². The molecular formula is C9H9N4. The van der Waals surface area contributed by atoms with Crippen molar-refractivity contribution in [3.8, 4) is 0 Å². The van der Waals surface area contributed by atoms with Crippen LogP contribution in [0.15, 0.2) is 0 Å². The summed E-state index contributed by atoms with van der Waals surface area (Å²) in [5, 5.41) is 0. The van der Waals surface area contributed by atoms with Crippen LogP contribution in [0.4, 0.5) is 0 Å². The van der Waals surface area contributed by atoms with E-state index in [9.17, 15) is 0 Å². The average molecular weight is 173 g/mol. The van der Waals surface area contributed by atoms with Crippen molar-refractivity contribution in [3.63, 3.8) is 0 Å². The van der Waals surface area contributed by atoms with Crippen molar-refractivity contribution >= 4 is 11.2 Å². The molecule has 0 aliphatic carbocycles. The van der Waals surface area contributed by atoms with Crippen molar-refractivity contribution in [1.29, 1.82) is 0 Å². The summed E-state index contributed by atoms with van der Waals surface area (Å²) in [6.45, 7) is 5.72. The van der Waals surface area contributed by atoms with E-state index in [-0.39, 0.29) is 0 Å². The highest BCUT2D eigenvalue weighted by molar-refractivity contribution is 5.71. The van der Waals surface area contributed by atoms with E-state index < -0.39 is 0 Å². The van der Waals surface area contributed by atoms with E-state index in [1.807, 2.05) is 20.8 Å². The van der Waals surface area contributed by atoms with Gasteiger partial charge in [0.25, 0.3) is 0 Å². The molecule has 0 atom stereocenters. The standard InChI is InChI=1S/C9H9N4/c1-5-6(2)13-9-8(12-5)7(3)10-4-11-9/h1-3H3. The molecule has 1 radical (unpaired) electrons. The molecule has 65 valence electrons. The second-order valence-corrected chi connectivity index (χ2v) is 2.98. The predicted molar refractivity (Wildman–Crippen MR) is 48.2 cm³/mol. The van der Waals surface area contributed by atoms with Gasteiger partial charge in [0, 0.05) is 0 Å². The highest BCUT2D eigenvalue weighted by Crippen LogP contribution is 2.10. The largest absolute Gasteiger partial charge is 0.246 e. The summed E-state index contributed by atoms with van der Waals surface area (Å²) >= 11 is 0. The van der Waals surface area contributed by atoms with Crippen LogP contribution in [0.3, 0.4) is 0 Å². The Morgan fingerprint density at radius 2 is 1.54 bits per heavy atom. The monoisotopic (exact) mass is 173 g/mol. The Labute approximate surface area is 76.1 Å². The number of nitrogens with zero attached hydrogens (tertiary/aromatic N) is 4. The lowest BCUT2D eigenvalue weighted by Crippen LogP contribution is -1.98. The van der Waals surface area contributed by atoms with Crippen LogP contribution in [0, 0.1) is 27.1 Å². The zero-order valence-electron chi connectivity index (χ0n) is 7.79. The molecule has 2 aromatic heterocycles. The van der Waals surface area contributed by atoms with Gasteiger partial charge in [-0.2, -0.15) is 0 Å². The Kier molecular flexibility index (Phi) is 1.69. The normalized spacial score (nSPS) is 10.7. The molecule has 0 aliphatic heterocycles. The molecule has 0 spiro atoms. The molecule has 0 saturated carbocycles. The molecule has 0 unspecified atom stereocenters. The van der Waals surface area contributed by atoms with Gasteiger partial charge < -0.3 is 0 Å². The Balaban J connectivity index is 2.89. The molecule has 2 rings (SSSR count). The van der Waals surface area contributed by atoms with Crippen LogP contribution in [0.2, 0.25) is 0 Å². The summed E-state index contributed by atoms with van der Waals surface area (Å²) in [5.74, 6) is 0. The Hall–Kier alpha value is -1.58. The molecular weight excluding hydrogens is 164 g/mol. The number of rotatable bonds is 0. The van der Waals surface area contributed by atoms with Crippen LogP contribution in [-0.2, 0) is 0 Å². The minimum atomic E-state index is 0.621. The van der Waals surface area contributed by atoms with Crippen molar-refractivity contribution in [2.45, 2.75) is 20.8 Å². The van der Waals surface area contributed by atoms with Gasteiger partial charge in [0.2, 0.25) is 0 Å². The van der Waals surface area contributed by atoms with E-state index in [1.165, 1.54) is 0 Å². The summed E-state index contributed by atoms with van der Waals surface area (Å²) in [5.41, 5.74) is 4.03. The molecule has 4 heteroatoms. The molecule has 0 aromatic carbocycles. The van der Waals surface area contributed by atoms with Crippen LogP contribution >= 0.6 is 0 Å². The van der Waals surface area contributed by atoms with Crippen molar-refractivity contribution in [1.82, 2.24) is 19.9 Å². The minimum Gasteiger partial charge on any atom is -0.246 e. The summed E-state index contributed by atoms with van der Waals surface area (Å²) < 4.78 is 0. The van der Waals surface area contributed by atoms with Crippen LogP contribution in [0.25, 0.3) is 11.2 Å². The minimum absolute atomic E-state index is 0.621. The number of hydrogen-bond acceptors (Lipinski definition) is 4. The lowest BCUT2D eigenvalue weighted by atomic mass is 10.3. The van der Waals surface area contributed by atoms with Crippen LogP contribution < -0.4 is 0 Å². The van der Waals surface area contributed by atoms with E-state index >= 15 is 0 Å². The fraction of sp³-hybridized carbons (Fsp3) is 0.333. The summed E-state index contributed by atoms with van der Waals surface area (Å²) in [6.07, 6.45) is 2.55. The SMILES string of the molecule is Cc1nc2n[c]nc(C)c2nc1C. The van der Waals surface area contributed by atoms with E-state index in [1.54, 1.807) is 0 Å². The lowest BCUT2D eigenvalue weighted by Gasteiger charge is -2.01. The van der Waals surface area contributed by atoms with Gasteiger partial charge in [-0.15, -0.1) is 0 Å². The molecule has 4 nitrogen and oxygen atoms in total. The van der Waals surface area contributed by atoms with E-state index in [2.05, 4.69) is 26.3 Å². The zero-order chi connectivity index (χ0) is 9.42. The number of fused-ring (bicyclic) bond motifs is 1. The third-order valence-electron chi connectivity index (χ3n) is 2.00.